The Hall–Kier alpha value is -3.67. The summed E-state index contributed by atoms with van der Waals surface area (Å²) >= 11 is 0. The van der Waals surface area contributed by atoms with Gasteiger partial charge in [0.1, 0.15) is 5.75 Å². The van der Waals surface area contributed by atoms with Crippen LogP contribution in [0.1, 0.15) is 5.56 Å². The van der Waals surface area contributed by atoms with Crippen LogP contribution in [0, 0.1) is 0 Å². The van der Waals surface area contributed by atoms with E-state index in [0.29, 0.717) is 17.3 Å². The third-order valence-electron chi connectivity index (χ3n) is 3.10. The molecule has 1 amide bonds. The molecule has 1 aromatic heterocycles. The number of rotatable bonds is 5. The van der Waals surface area contributed by atoms with Crippen molar-refractivity contribution < 1.29 is 14.4 Å². The number of ether oxygens (including phenoxy) is 1. The van der Waals surface area contributed by atoms with Crippen LogP contribution in [0.15, 0.2) is 84.1 Å². The van der Waals surface area contributed by atoms with E-state index in [4.69, 9.17) is 9.57 Å². The van der Waals surface area contributed by atoms with Crippen LogP contribution < -0.4 is 10.1 Å². The lowest BCUT2D eigenvalue weighted by Gasteiger charge is -2.06. The van der Waals surface area contributed by atoms with Crippen molar-refractivity contribution in [3.63, 3.8) is 0 Å². The summed E-state index contributed by atoms with van der Waals surface area (Å²) < 4.78 is 5.57. The first kappa shape index (κ1) is 16.2. The van der Waals surface area contributed by atoms with Gasteiger partial charge in [-0.15, -0.1) is 0 Å². The van der Waals surface area contributed by atoms with Gasteiger partial charge in [0.25, 0.3) is 0 Å². The Labute approximate surface area is 144 Å². The number of nitrogens with zero attached hydrogens (tertiary/aromatic N) is 2. The van der Waals surface area contributed by atoms with E-state index >= 15 is 0 Å². The van der Waals surface area contributed by atoms with Crippen molar-refractivity contribution in [1.29, 1.82) is 0 Å². The second-order valence-electron chi connectivity index (χ2n) is 4.94. The molecule has 0 fully saturated rings. The summed E-state index contributed by atoms with van der Waals surface area (Å²) in [5, 5.41) is 6.21. The molecule has 1 heterocycles. The highest BCUT2D eigenvalue weighted by Crippen LogP contribution is 2.21. The highest BCUT2D eigenvalue weighted by Gasteiger charge is 2.03. The maximum Gasteiger partial charge on any atom is 0.437 e. The molecule has 6 heteroatoms. The van der Waals surface area contributed by atoms with Crippen molar-refractivity contribution in [1.82, 2.24) is 4.98 Å². The summed E-state index contributed by atoms with van der Waals surface area (Å²) in [4.78, 5) is 20.5. The number of aromatic nitrogens is 1. The minimum atomic E-state index is -0.675. The molecule has 0 saturated carbocycles. The Bertz CT molecular complexity index is 835. The Balaban J connectivity index is 1.51. The lowest BCUT2D eigenvalue weighted by atomic mass is 10.2. The van der Waals surface area contributed by atoms with Crippen molar-refractivity contribution in [2.75, 3.05) is 5.32 Å². The summed E-state index contributed by atoms with van der Waals surface area (Å²) in [6.45, 7) is 0. The number of hydrogen-bond acceptors (Lipinski definition) is 5. The van der Waals surface area contributed by atoms with Crippen molar-refractivity contribution in [3.05, 3.63) is 84.6 Å². The van der Waals surface area contributed by atoms with Crippen LogP contribution in [0.5, 0.6) is 11.6 Å². The number of oxime groups is 1. The van der Waals surface area contributed by atoms with Gasteiger partial charge in [0.05, 0.1) is 6.21 Å². The van der Waals surface area contributed by atoms with Gasteiger partial charge in [0.15, 0.2) is 0 Å². The van der Waals surface area contributed by atoms with E-state index in [0.717, 1.165) is 5.56 Å². The highest BCUT2D eigenvalue weighted by molar-refractivity contribution is 5.85. The van der Waals surface area contributed by atoms with Crippen LogP contribution >= 0.6 is 0 Å². The summed E-state index contributed by atoms with van der Waals surface area (Å²) in [5.74, 6) is 1.11. The van der Waals surface area contributed by atoms with E-state index in [2.05, 4.69) is 15.5 Å². The fraction of sp³-hybridized carbons (Fsp3) is 0. The molecule has 25 heavy (non-hydrogen) atoms. The predicted molar refractivity (Wildman–Crippen MR) is 94.9 cm³/mol. The Kier molecular flexibility index (Phi) is 5.35. The van der Waals surface area contributed by atoms with E-state index < -0.39 is 6.09 Å². The summed E-state index contributed by atoms with van der Waals surface area (Å²) in [6.07, 6.45) is 2.44. The molecule has 0 aliphatic rings. The van der Waals surface area contributed by atoms with Crippen molar-refractivity contribution in [2.45, 2.75) is 0 Å². The molecule has 124 valence electrons. The van der Waals surface area contributed by atoms with Gasteiger partial charge in [-0.1, -0.05) is 41.6 Å². The number of carbonyl (C=O) groups excluding carboxylic acids is 1. The lowest BCUT2D eigenvalue weighted by molar-refractivity contribution is 0.167. The number of carbonyl (C=O) groups is 1. The van der Waals surface area contributed by atoms with Gasteiger partial charge in [-0.25, -0.2) is 9.78 Å². The Morgan fingerprint density at radius 2 is 1.72 bits per heavy atom. The van der Waals surface area contributed by atoms with Gasteiger partial charge >= 0.3 is 6.09 Å². The molecule has 0 aliphatic heterocycles. The van der Waals surface area contributed by atoms with Crippen molar-refractivity contribution in [3.8, 4) is 11.6 Å². The van der Waals surface area contributed by atoms with Crippen LogP contribution in [0.4, 0.5) is 10.5 Å². The number of anilines is 1. The van der Waals surface area contributed by atoms with E-state index in [1.807, 2.05) is 42.5 Å². The maximum absolute atomic E-state index is 11.7. The topological polar surface area (TPSA) is 72.8 Å². The monoisotopic (exact) mass is 333 g/mol. The lowest BCUT2D eigenvalue weighted by Crippen LogP contribution is -2.10. The fourth-order valence-electron chi connectivity index (χ4n) is 1.95. The van der Waals surface area contributed by atoms with Gasteiger partial charge in [-0.2, -0.15) is 0 Å². The first-order valence-corrected chi connectivity index (χ1v) is 7.55. The van der Waals surface area contributed by atoms with Crippen molar-refractivity contribution >= 4 is 18.0 Å². The fourth-order valence-corrected chi connectivity index (χ4v) is 1.95. The zero-order valence-electron chi connectivity index (χ0n) is 13.2. The van der Waals surface area contributed by atoms with Crippen LogP contribution in [0.25, 0.3) is 0 Å². The van der Waals surface area contributed by atoms with Crippen LogP contribution in [0.3, 0.4) is 0 Å². The third kappa shape index (κ3) is 5.18. The molecule has 2 aromatic carbocycles. The largest absolute Gasteiger partial charge is 0.439 e. The maximum atomic E-state index is 11.7. The molecule has 6 nitrogen and oxygen atoms in total. The minimum Gasteiger partial charge on any atom is -0.439 e. The smallest absolute Gasteiger partial charge is 0.437 e. The highest BCUT2D eigenvalue weighted by atomic mass is 16.7. The average Bonchev–Trinajstić information content (AvgIpc) is 2.65. The number of amides is 1. The normalized spacial score (nSPS) is 10.4. The SMILES string of the molecule is O=C(Nc1ccc(Oc2ccccn2)cc1)O/N=C/c1ccccc1. The van der Waals surface area contributed by atoms with E-state index in [1.165, 1.54) is 6.21 Å². The van der Waals surface area contributed by atoms with Gasteiger partial charge in [-0.05, 0) is 35.9 Å². The van der Waals surface area contributed by atoms with Crippen LogP contribution in [0.2, 0.25) is 0 Å². The van der Waals surface area contributed by atoms with Gasteiger partial charge in [-0.3, -0.25) is 10.2 Å². The van der Waals surface area contributed by atoms with Crippen LogP contribution in [-0.2, 0) is 4.84 Å². The average molecular weight is 333 g/mol. The third-order valence-corrected chi connectivity index (χ3v) is 3.10. The predicted octanol–water partition coefficient (Wildman–Crippen LogP) is 4.46. The summed E-state index contributed by atoms with van der Waals surface area (Å²) in [7, 11) is 0. The Morgan fingerprint density at radius 3 is 2.44 bits per heavy atom. The molecule has 0 radical (unpaired) electrons. The van der Waals surface area contributed by atoms with Gasteiger partial charge in [0.2, 0.25) is 5.88 Å². The summed E-state index contributed by atoms with van der Waals surface area (Å²) in [6, 6.07) is 21.6. The Morgan fingerprint density at radius 1 is 0.960 bits per heavy atom. The molecular formula is C19H15N3O3. The summed E-state index contributed by atoms with van der Waals surface area (Å²) in [5.41, 5.74) is 1.40. The van der Waals surface area contributed by atoms with E-state index in [1.54, 1.807) is 36.5 Å². The molecule has 0 spiro atoms. The molecule has 1 N–H and O–H groups in total. The quantitative estimate of drug-likeness (QED) is 0.425. The molecular weight excluding hydrogens is 318 g/mol. The van der Waals surface area contributed by atoms with E-state index in [-0.39, 0.29) is 0 Å². The number of pyridine rings is 1. The first-order valence-electron chi connectivity index (χ1n) is 7.55. The molecule has 0 atom stereocenters. The molecule has 0 saturated heterocycles. The second-order valence-corrected chi connectivity index (χ2v) is 4.94. The zero-order valence-corrected chi connectivity index (χ0v) is 13.2. The number of hydrogen-bond donors (Lipinski definition) is 1. The first-order chi connectivity index (χ1) is 12.3. The minimum absolute atomic E-state index is 0.498. The van der Waals surface area contributed by atoms with Gasteiger partial charge in [0, 0.05) is 18.0 Å². The number of nitrogens with one attached hydrogen (secondary N) is 1. The second kappa shape index (κ2) is 8.26. The van der Waals surface area contributed by atoms with Crippen molar-refractivity contribution in [2.24, 2.45) is 5.16 Å². The standard InChI is InChI=1S/C19H15N3O3/c23-19(25-21-14-15-6-2-1-3-7-15)22-16-9-11-17(12-10-16)24-18-8-4-5-13-20-18/h1-14H,(H,22,23)/b21-14+. The molecule has 3 aromatic rings. The molecule has 3 rings (SSSR count). The van der Waals surface area contributed by atoms with E-state index in [9.17, 15) is 4.79 Å². The zero-order chi connectivity index (χ0) is 17.3. The van der Waals surface area contributed by atoms with Crippen LogP contribution in [-0.4, -0.2) is 17.3 Å². The number of benzene rings is 2. The van der Waals surface area contributed by atoms with Gasteiger partial charge < -0.3 is 4.74 Å². The molecule has 0 aliphatic carbocycles. The molecule has 0 unspecified atom stereocenters. The molecule has 0 bridgehead atoms.